The molecule has 5 heteroatoms. The highest BCUT2D eigenvalue weighted by molar-refractivity contribution is 5.81. The second-order valence-corrected chi connectivity index (χ2v) is 9.64. The third-order valence-corrected chi connectivity index (χ3v) is 7.89. The van der Waals surface area contributed by atoms with Crippen molar-refractivity contribution in [2.75, 3.05) is 13.1 Å². The number of nitrogens with zero attached hydrogens (tertiary/aromatic N) is 1. The topological polar surface area (TPSA) is 75.4 Å². The van der Waals surface area contributed by atoms with Crippen LogP contribution in [0.4, 0.5) is 0 Å². The third-order valence-electron chi connectivity index (χ3n) is 7.89. The molecule has 1 aliphatic heterocycles. The van der Waals surface area contributed by atoms with Crippen molar-refractivity contribution in [2.24, 2.45) is 29.4 Å². The lowest BCUT2D eigenvalue weighted by atomic mass is 9.65. The van der Waals surface area contributed by atoms with Gasteiger partial charge in [0.25, 0.3) is 0 Å². The summed E-state index contributed by atoms with van der Waals surface area (Å²) < 4.78 is 0. The first-order chi connectivity index (χ1) is 13.1. The van der Waals surface area contributed by atoms with Gasteiger partial charge in [-0.3, -0.25) is 9.59 Å². The lowest BCUT2D eigenvalue weighted by molar-refractivity contribution is -0.142. The number of hydrogen-bond donors (Lipinski definition) is 2. The van der Waals surface area contributed by atoms with E-state index in [0.29, 0.717) is 29.8 Å². The summed E-state index contributed by atoms with van der Waals surface area (Å²) in [6, 6.07) is 0.703. The molecule has 1 heterocycles. The van der Waals surface area contributed by atoms with E-state index in [1.807, 2.05) is 4.90 Å². The van der Waals surface area contributed by atoms with Gasteiger partial charge in [-0.2, -0.15) is 0 Å². The summed E-state index contributed by atoms with van der Waals surface area (Å²) in [5, 5.41) is 3.27. The highest BCUT2D eigenvalue weighted by Crippen LogP contribution is 2.42. The zero-order valence-corrected chi connectivity index (χ0v) is 16.7. The summed E-state index contributed by atoms with van der Waals surface area (Å²) in [6.45, 7) is 1.50. The number of piperidine rings is 1. The van der Waals surface area contributed by atoms with E-state index in [1.165, 1.54) is 38.5 Å². The quantitative estimate of drug-likeness (QED) is 0.796. The van der Waals surface area contributed by atoms with Crippen molar-refractivity contribution in [3.05, 3.63) is 0 Å². The number of rotatable bonds is 3. The molecule has 4 aliphatic rings. The van der Waals surface area contributed by atoms with Crippen LogP contribution >= 0.6 is 0 Å². The predicted molar refractivity (Wildman–Crippen MR) is 106 cm³/mol. The Bertz CT molecular complexity index is 524. The van der Waals surface area contributed by atoms with Gasteiger partial charge in [0.2, 0.25) is 11.8 Å². The number of carbonyl (C=O) groups is 2. The average molecular weight is 376 g/mol. The van der Waals surface area contributed by atoms with Gasteiger partial charge in [0.15, 0.2) is 0 Å². The Morgan fingerprint density at radius 3 is 2.04 bits per heavy atom. The second-order valence-electron chi connectivity index (χ2n) is 9.64. The standard InChI is InChI=1S/C22H37N3O2/c23-20-16-5-4-6-17(20)14-18(13-16)22(27)25-11-9-15(10-12-25)21(26)24-19-7-2-1-3-8-19/h15-20H,1-14,23H2,(H,24,26). The van der Waals surface area contributed by atoms with Crippen LogP contribution in [0.3, 0.4) is 0 Å². The number of amides is 2. The summed E-state index contributed by atoms with van der Waals surface area (Å²) in [4.78, 5) is 27.7. The summed E-state index contributed by atoms with van der Waals surface area (Å²) in [5.41, 5.74) is 6.38. The van der Waals surface area contributed by atoms with Gasteiger partial charge in [-0.1, -0.05) is 25.7 Å². The monoisotopic (exact) mass is 375 g/mol. The molecule has 4 fully saturated rings. The number of likely N-dealkylation sites (tertiary alicyclic amines) is 1. The van der Waals surface area contributed by atoms with Crippen molar-refractivity contribution in [3.63, 3.8) is 0 Å². The first-order valence-corrected chi connectivity index (χ1v) is 11.5. The molecule has 1 saturated heterocycles. The largest absolute Gasteiger partial charge is 0.353 e. The third kappa shape index (κ3) is 4.33. The molecule has 0 radical (unpaired) electrons. The van der Waals surface area contributed by atoms with Gasteiger partial charge in [0.1, 0.15) is 0 Å². The van der Waals surface area contributed by atoms with Gasteiger partial charge in [0, 0.05) is 37.0 Å². The molecule has 3 saturated carbocycles. The van der Waals surface area contributed by atoms with Crippen LogP contribution < -0.4 is 11.1 Å². The number of nitrogens with two attached hydrogens (primary N) is 1. The minimum absolute atomic E-state index is 0.0927. The molecule has 2 unspecified atom stereocenters. The first kappa shape index (κ1) is 19.2. The Kier molecular flexibility index (Phi) is 6.05. The van der Waals surface area contributed by atoms with Gasteiger partial charge in [-0.25, -0.2) is 0 Å². The van der Waals surface area contributed by atoms with Crippen molar-refractivity contribution < 1.29 is 9.59 Å². The molecule has 0 aromatic carbocycles. The maximum atomic E-state index is 13.1. The minimum Gasteiger partial charge on any atom is -0.353 e. The Morgan fingerprint density at radius 2 is 1.41 bits per heavy atom. The SMILES string of the molecule is NC1C2CCCC1CC(C(=O)N1CCC(C(=O)NC3CCCCC3)CC1)C2. The summed E-state index contributed by atoms with van der Waals surface area (Å²) in [7, 11) is 0. The van der Waals surface area contributed by atoms with Crippen LogP contribution in [0.5, 0.6) is 0 Å². The zero-order valence-electron chi connectivity index (χ0n) is 16.7. The molecule has 3 aliphatic carbocycles. The molecule has 0 spiro atoms. The van der Waals surface area contributed by atoms with Crippen molar-refractivity contribution in [3.8, 4) is 0 Å². The van der Waals surface area contributed by atoms with Crippen LogP contribution in [0, 0.1) is 23.7 Å². The fourth-order valence-electron chi connectivity index (χ4n) is 6.18. The molecule has 27 heavy (non-hydrogen) atoms. The molecular formula is C22H37N3O2. The van der Waals surface area contributed by atoms with E-state index < -0.39 is 0 Å². The van der Waals surface area contributed by atoms with E-state index in [0.717, 1.165) is 51.6 Å². The first-order valence-electron chi connectivity index (χ1n) is 11.5. The van der Waals surface area contributed by atoms with Crippen LogP contribution in [-0.2, 0) is 9.59 Å². The van der Waals surface area contributed by atoms with Gasteiger partial charge >= 0.3 is 0 Å². The Hall–Kier alpha value is -1.10. The van der Waals surface area contributed by atoms with E-state index in [2.05, 4.69) is 5.32 Å². The summed E-state index contributed by atoms with van der Waals surface area (Å²) in [5.74, 6) is 1.93. The lowest BCUT2D eigenvalue weighted by Crippen LogP contribution is -2.51. The summed E-state index contributed by atoms with van der Waals surface area (Å²) >= 11 is 0. The normalized spacial score (nSPS) is 35.7. The fourth-order valence-corrected chi connectivity index (χ4v) is 6.18. The average Bonchev–Trinajstić information content (AvgIpc) is 2.68. The predicted octanol–water partition coefficient (Wildman–Crippen LogP) is 2.83. The fraction of sp³-hybridized carbons (Fsp3) is 0.909. The van der Waals surface area contributed by atoms with Crippen molar-refractivity contribution in [1.82, 2.24) is 10.2 Å². The number of carbonyl (C=O) groups excluding carboxylic acids is 2. The Labute approximate surface area is 163 Å². The smallest absolute Gasteiger partial charge is 0.225 e. The molecule has 2 atom stereocenters. The van der Waals surface area contributed by atoms with Crippen molar-refractivity contribution >= 4 is 11.8 Å². The molecule has 3 N–H and O–H groups in total. The highest BCUT2D eigenvalue weighted by atomic mass is 16.2. The number of nitrogens with one attached hydrogen (secondary N) is 1. The van der Waals surface area contributed by atoms with E-state index in [1.54, 1.807) is 0 Å². The summed E-state index contributed by atoms with van der Waals surface area (Å²) in [6.07, 6.45) is 13.4. The van der Waals surface area contributed by atoms with E-state index in [-0.39, 0.29) is 17.7 Å². The molecule has 4 rings (SSSR count). The van der Waals surface area contributed by atoms with E-state index >= 15 is 0 Å². The van der Waals surface area contributed by atoms with Crippen molar-refractivity contribution in [2.45, 2.75) is 89.1 Å². The zero-order chi connectivity index (χ0) is 18.8. The van der Waals surface area contributed by atoms with E-state index in [4.69, 9.17) is 5.73 Å². The van der Waals surface area contributed by atoms with Gasteiger partial charge in [-0.05, 0) is 63.2 Å². The number of hydrogen-bond acceptors (Lipinski definition) is 3. The molecule has 152 valence electrons. The minimum atomic E-state index is 0.0927. The molecule has 0 aromatic rings. The Morgan fingerprint density at radius 1 is 0.778 bits per heavy atom. The molecule has 2 amide bonds. The highest BCUT2D eigenvalue weighted by Gasteiger charge is 2.42. The second kappa shape index (κ2) is 8.50. The van der Waals surface area contributed by atoms with Gasteiger partial charge in [0.05, 0.1) is 0 Å². The molecule has 5 nitrogen and oxygen atoms in total. The van der Waals surface area contributed by atoms with Crippen LogP contribution in [0.15, 0.2) is 0 Å². The van der Waals surface area contributed by atoms with Crippen LogP contribution in [0.1, 0.15) is 77.0 Å². The van der Waals surface area contributed by atoms with Crippen LogP contribution in [0.25, 0.3) is 0 Å². The van der Waals surface area contributed by atoms with Crippen LogP contribution in [-0.4, -0.2) is 41.9 Å². The number of fused-ring (bicyclic) bond motifs is 2. The maximum Gasteiger partial charge on any atom is 0.225 e. The molecule has 0 aromatic heterocycles. The van der Waals surface area contributed by atoms with E-state index in [9.17, 15) is 9.59 Å². The van der Waals surface area contributed by atoms with Crippen molar-refractivity contribution in [1.29, 1.82) is 0 Å². The maximum absolute atomic E-state index is 13.1. The van der Waals surface area contributed by atoms with Crippen LogP contribution in [0.2, 0.25) is 0 Å². The van der Waals surface area contributed by atoms with Gasteiger partial charge < -0.3 is 16.0 Å². The Balaban J connectivity index is 1.25. The lowest BCUT2D eigenvalue weighted by Gasteiger charge is -2.45. The molecule has 2 bridgehead atoms. The van der Waals surface area contributed by atoms with Gasteiger partial charge in [-0.15, -0.1) is 0 Å². The molecular weight excluding hydrogens is 338 g/mol.